The number of hydrogen-bond acceptors (Lipinski definition) is 1. The van der Waals surface area contributed by atoms with Gasteiger partial charge in [-0.2, -0.15) is 0 Å². The average Bonchev–Trinajstić information content (AvgIpc) is 3.24. The van der Waals surface area contributed by atoms with Gasteiger partial charge >= 0.3 is 0 Å². The van der Waals surface area contributed by atoms with Crippen LogP contribution in [-0.4, -0.2) is 17.4 Å². The van der Waals surface area contributed by atoms with Gasteiger partial charge in [-0.1, -0.05) is 17.7 Å². The van der Waals surface area contributed by atoms with Gasteiger partial charge in [-0.25, -0.2) is 4.39 Å². The molecule has 1 saturated carbocycles. The number of carbonyl (C=O) groups excluding carboxylic acids is 1. The maximum Gasteiger partial charge on any atom is 0.251 e. The van der Waals surface area contributed by atoms with Crippen LogP contribution in [0, 0.1) is 12.7 Å². The van der Waals surface area contributed by atoms with Gasteiger partial charge in [-0.3, -0.25) is 4.79 Å². The van der Waals surface area contributed by atoms with E-state index < -0.39 is 0 Å². The lowest BCUT2D eigenvalue weighted by molar-refractivity contribution is 0.0949. The molecule has 1 aliphatic rings. The molecule has 0 saturated heterocycles. The number of fused-ring (bicyclic) bond motifs is 1. The summed E-state index contributed by atoms with van der Waals surface area (Å²) in [7, 11) is 0. The molecular weight excluding hydrogens is 303 g/mol. The van der Waals surface area contributed by atoms with Gasteiger partial charge in [0.25, 0.3) is 5.91 Å². The summed E-state index contributed by atoms with van der Waals surface area (Å²) in [5, 5.41) is 3.96. The molecule has 0 radical (unpaired) electrons. The normalized spacial score (nSPS) is 15.4. The van der Waals surface area contributed by atoms with E-state index in [-0.39, 0.29) is 17.1 Å². The number of aromatic amines is 1. The molecule has 1 heterocycles. The van der Waals surface area contributed by atoms with Crippen LogP contribution in [0.5, 0.6) is 0 Å². The van der Waals surface area contributed by atoms with Crippen molar-refractivity contribution in [1.29, 1.82) is 0 Å². The zero-order valence-electron chi connectivity index (χ0n) is 13.5. The number of benzene rings is 2. The summed E-state index contributed by atoms with van der Waals surface area (Å²) in [6.45, 7) is 2.54. The number of H-pyrrole nitrogens is 1. The van der Waals surface area contributed by atoms with E-state index in [1.807, 2.05) is 37.4 Å². The first kappa shape index (κ1) is 14.9. The molecule has 0 spiro atoms. The number of aryl methyl sites for hydroxylation is 1. The highest BCUT2D eigenvalue weighted by atomic mass is 19.1. The van der Waals surface area contributed by atoms with E-state index in [0.717, 1.165) is 34.9 Å². The van der Waals surface area contributed by atoms with Crippen LogP contribution in [0.25, 0.3) is 10.9 Å². The van der Waals surface area contributed by atoms with Gasteiger partial charge in [0.15, 0.2) is 0 Å². The highest BCUT2D eigenvalue weighted by Gasteiger charge is 2.45. The van der Waals surface area contributed by atoms with Crippen molar-refractivity contribution in [3.63, 3.8) is 0 Å². The van der Waals surface area contributed by atoms with Crippen molar-refractivity contribution in [3.8, 4) is 0 Å². The summed E-state index contributed by atoms with van der Waals surface area (Å²) in [5.41, 5.74) is 3.70. The van der Waals surface area contributed by atoms with Crippen molar-refractivity contribution in [1.82, 2.24) is 10.3 Å². The number of halogens is 1. The lowest BCUT2D eigenvalue weighted by Gasteiger charge is -2.16. The van der Waals surface area contributed by atoms with Crippen molar-refractivity contribution in [3.05, 3.63) is 71.2 Å². The number of nitrogens with one attached hydrogen (secondary N) is 2. The summed E-state index contributed by atoms with van der Waals surface area (Å²) in [5.74, 6) is -0.293. The molecule has 3 nitrogen and oxygen atoms in total. The Bertz CT molecular complexity index is 924. The lowest BCUT2D eigenvalue weighted by Crippen LogP contribution is -2.32. The summed E-state index contributed by atoms with van der Waals surface area (Å²) in [6, 6.07) is 12.4. The first-order chi connectivity index (χ1) is 11.6. The van der Waals surface area contributed by atoms with Crippen molar-refractivity contribution >= 4 is 16.8 Å². The van der Waals surface area contributed by atoms with Crippen LogP contribution in [0.1, 0.15) is 34.3 Å². The Kier molecular flexibility index (Phi) is 3.41. The van der Waals surface area contributed by atoms with Gasteiger partial charge in [0.1, 0.15) is 5.82 Å². The van der Waals surface area contributed by atoms with Gasteiger partial charge in [-0.05, 0) is 55.7 Å². The summed E-state index contributed by atoms with van der Waals surface area (Å²) < 4.78 is 13.6. The third kappa shape index (κ3) is 2.58. The van der Waals surface area contributed by atoms with Crippen LogP contribution in [-0.2, 0) is 5.41 Å². The van der Waals surface area contributed by atoms with Gasteiger partial charge in [0.05, 0.1) is 0 Å². The van der Waals surface area contributed by atoms with E-state index in [9.17, 15) is 9.18 Å². The number of carbonyl (C=O) groups is 1. The Morgan fingerprint density at radius 1 is 1.25 bits per heavy atom. The molecule has 122 valence electrons. The van der Waals surface area contributed by atoms with Gasteiger partial charge < -0.3 is 10.3 Å². The Morgan fingerprint density at radius 3 is 2.83 bits per heavy atom. The number of aromatic nitrogens is 1. The fourth-order valence-electron chi connectivity index (χ4n) is 3.36. The molecule has 2 aromatic carbocycles. The first-order valence-electron chi connectivity index (χ1n) is 8.19. The summed E-state index contributed by atoms with van der Waals surface area (Å²) >= 11 is 0. The van der Waals surface area contributed by atoms with E-state index in [4.69, 9.17) is 0 Å². The second-order valence-corrected chi connectivity index (χ2v) is 6.72. The Hall–Kier alpha value is -2.62. The molecule has 24 heavy (non-hydrogen) atoms. The van der Waals surface area contributed by atoms with Crippen LogP contribution in [0.3, 0.4) is 0 Å². The molecule has 1 fully saturated rings. The number of hydrogen-bond donors (Lipinski definition) is 2. The Labute approximate surface area is 139 Å². The zero-order valence-corrected chi connectivity index (χ0v) is 13.5. The molecule has 3 aromatic rings. The maximum atomic E-state index is 13.6. The van der Waals surface area contributed by atoms with Crippen LogP contribution in [0.2, 0.25) is 0 Å². The van der Waals surface area contributed by atoms with Crippen molar-refractivity contribution in [2.75, 3.05) is 6.54 Å². The predicted molar refractivity (Wildman–Crippen MR) is 92.7 cm³/mol. The Balaban J connectivity index is 1.55. The minimum absolute atomic E-state index is 0.0593. The molecule has 4 heteroatoms. The highest BCUT2D eigenvalue weighted by molar-refractivity contribution is 5.94. The number of amides is 1. The Morgan fingerprint density at radius 2 is 2.08 bits per heavy atom. The average molecular weight is 322 g/mol. The monoisotopic (exact) mass is 322 g/mol. The van der Waals surface area contributed by atoms with Crippen LogP contribution in [0.15, 0.2) is 48.7 Å². The van der Waals surface area contributed by atoms with Crippen LogP contribution in [0.4, 0.5) is 4.39 Å². The van der Waals surface area contributed by atoms with Crippen LogP contribution < -0.4 is 5.32 Å². The van der Waals surface area contributed by atoms with Crippen molar-refractivity contribution in [2.45, 2.75) is 25.2 Å². The van der Waals surface area contributed by atoms with E-state index >= 15 is 0 Å². The van der Waals surface area contributed by atoms with E-state index in [1.165, 1.54) is 6.07 Å². The van der Waals surface area contributed by atoms with E-state index in [0.29, 0.717) is 12.1 Å². The molecular formula is C20H19FN2O. The first-order valence-corrected chi connectivity index (χ1v) is 8.19. The van der Waals surface area contributed by atoms with Crippen molar-refractivity contribution in [2.24, 2.45) is 0 Å². The van der Waals surface area contributed by atoms with Gasteiger partial charge in [0, 0.05) is 34.6 Å². The molecule has 1 aromatic heterocycles. The van der Waals surface area contributed by atoms with Crippen molar-refractivity contribution < 1.29 is 9.18 Å². The second-order valence-electron chi connectivity index (χ2n) is 6.72. The molecule has 2 N–H and O–H groups in total. The molecule has 0 atom stereocenters. The van der Waals surface area contributed by atoms with Crippen LogP contribution >= 0.6 is 0 Å². The third-order valence-electron chi connectivity index (χ3n) is 4.94. The lowest BCUT2D eigenvalue weighted by atomic mass is 9.95. The standard InChI is InChI=1S/C20H19FN2O/c1-13-3-2-4-14(9-13)19(24)23-12-20(7-8-20)17-11-22-18-6-5-15(21)10-16(17)18/h2-6,9-11,22H,7-8,12H2,1H3,(H,23,24). The third-order valence-corrected chi connectivity index (χ3v) is 4.94. The molecule has 4 rings (SSSR count). The molecule has 1 amide bonds. The second kappa shape index (κ2) is 5.48. The SMILES string of the molecule is Cc1cccc(C(=O)NCC2(c3c[nH]c4ccc(F)cc34)CC2)c1. The topological polar surface area (TPSA) is 44.9 Å². The predicted octanol–water partition coefficient (Wildman–Crippen LogP) is 4.08. The minimum Gasteiger partial charge on any atom is -0.361 e. The minimum atomic E-state index is -0.233. The quantitative estimate of drug-likeness (QED) is 0.747. The smallest absolute Gasteiger partial charge is 0.251 e. The summed E-state index contributed by atoms with van der Waals surface area (Å²) in [6.07, 6.45) is 3.96. The van der Waals surface area contributed by atoms with E-state index in [2.05, 4.69) is 10.3 Å². The van der Waals surface area contributed by atoms with Gasteiger partial charge in [-0.15, -0.1) is 0 Å². The highest BCUT2D eigenvalue weighted by Crippen LogP contribution is 2.50. The molecule has 0 aliphatic heterocycles. The zero-order chi connectivity index (χ0) is 16.7. The fraction of sp³-hybridized carbons (Fsp3) is 0.250. The largest absolute Gasteiger partial charge is 0.361 e. The maximum absolute atomic E-state index is 13.6. The number of rotatable bonds is 4. The fourth-order valence-corrected chi connectivity index (χ4v) is 3.36. The van der Waals surface area contributed by atoms with Gasteiger partial charge in [0.2, 0.25) is 0 Å². The molecule has 0 bridgehead atoms. The summed E-state index contributed by atoms with van der Waals surface area (Å²) in [4.78, 5) is 15.6. The molecule has 1 aliphatic carbocycles. The molecule has 0 unspecified atom stereocenters. The van der Waals surface area contributed by atoms with E-state index in [1.54, 1.807) is 12.1 Å².